The molecule has 2 aromatic rings. The molecule has 0 radical (unpaired) electrons. The summed E-state index contributed by atoms with van der Waals surface area (Å²) in [5, 5.41) is 0. The third-order valence-electron chi connectivity index (χ3n) is 2.36. The average Bonchev–Trinajstić information content (AvgIpc) is 2.49. The standard InChI is InChI=1S/C14H14N2O2S/c17-14(12-4-2-1-3-5-12)18-8-9-19-10-13-6-7-15-11-16-13/h1-7,11H,8-10H2. The summed E-state index contributed by atoms with van der Waals surface area (Å²) in [6, 6.07) is 10.9. The molecule has 0 atom stereocenters. The van der Waals surface area contributed by atoms with Gasteiger partial charge in [0.25, 0.3) is 0 Å². The monoisotopic (exact) mass is 274 g/mol. The van der Waals surface area contributed by atoms with Crippen LogP contribution < -0.4 is 0 Å². The summed E-state index contributed by atoms with van der Waals surface area (Å²) in [5.74, 6) is 1.27. The number of hydrogen-bond acceptors (Lipinski definition) is 5. The maximum Gasteiger partial charge on any atom is 0.338 e. The van der Waals surface area contributed by atoms with Gasteiger partial charge in [-0.1, -0.05) is 18.2 Å². The van der Waals surface area contributed by atoms with Gasteiger partial charge in [0.05, 0.1) is 11.3 Å². The highest BCUT2D eigenvalue weighted by Crippen LogP contribution is 2.09. The molecule has 0 N–H and O–H groups in total. The van der Waals surface area contributed by atoms with E-state index in [1.807, 2.05) is 24.3 Å². The lowest BCUT2D eigenvalue weighted by atomic mass is 10.2. The van der Waals surface area contributed by atoms with Crippen molar-refractivity contribution < 1.29 is 9.53 Å². The first-order chi connectivity index (χ1) is 9.36. The molecule has 0 bridgehead atoms. The third-order valence-corrected chi connectivity index (χ3v) is 3.32. The average molecular weight is 274 g/mol. The van der Waals surface area contributed by atoms with E-state index in [4.69, 9.17) is 4.74 Å². The van der Waals surface area contributed by atoms with Crippen LogP contribution in [0.2, 0.25) is 0 Å². The van der Waals surface area contributed by atoms with Crippen LogP contribution in [-0.2, 0) is 10.5 Å². The molecule has 0 amide bonds. The fraction of sp³-hybridized carbons (Fsp3) is 0.214. The van der Waals surface area contributed by atoms with Crippen molar-refractivity contribution in [1.29, 1.82) is 0 Å². The predicted molar refractivity (Wildman–Crippen MR) is 74.9 cm³/mol. The first-order valence-electron chi connectivity index (χ1n) is 5.91. The van der Waals surface area contributed by atoms with Crippen molar-refractivity contribution in [2.45, 2.75) is 5.75 Å². The summed E-state index contributed by atoms with van der Waals surface area (Å²) in [6.07, 6.45) is 3.25. The second-order valence-corrected chi connectivity index (χ2v) is 4.86. The maximum absolute atomic E-state index is 11.6. The Kier molecular flexibility index (Phi) is 5.37. The predicted octanol–water partition coefficient (Wildman–Crippen LogP) is 2.57. The molecule has 0 aliphatic heterocycles. The summed E-state index contributed by atoms with van der Waals surface area (Å²) >= 11 is 1.68. The minimum Gasteiger partial charge on any atom is -0.461 e. The van der Waals surface area contributed by atoms with Gasteiger partial charge < -0.3 is 4.74 Å². The quantitative estimate of drug-likeness (QED) is 0.598. The lowest BCUT2D eigenvalue weighted by Gasteiger charge is -2.04. The van der Waals surface area contributed by atoms with Crippen molar-refractivity contribution in [3.05, 3.63) is 60.2 Å². The minimum atomic E-state index is -0.275. The van der Waals surface area contributed by atoms with Crippen LogP contribution in [-0.4, -0.2) is 28.3 Å². The first kappa shape index (κ1) is 13.5. The van der Waals surface area contributed by atoms with E-state index < -0.39 is 0 Å². The number of benzene rings is 1. The molecule has 5 heteroatoms. The Balaban J connectivity index is 1.63. The molecule has 4 nitrogen and oxygen atoms in total. The van der Waals surface area contributed by atoms with Crippen molar-refractivity contribution in [3.8, 4) is 0 Å². The number of carbonyl (C=O) groups is 1. The first-order valence-corrected chi connectivity index (χ1v) is 7.06. The highest BCUT2D eigenvalue weighted by molar-refractivity contribution is 7.98. The van der Waals surface area contributed by atoms with E-state index in [9.17, 15) is 4.79 Å². The molecule has 0 saturated heterocycles. The highest BCUT2D eigenvalue weighted by Gasteiger charge is 2.05. The summed E-state index contributed by atoms with van der Waals surface area (Å²) < 4.78 is 5.17. The Morgan fingerprint density at radius 3 is 2.79 bits per heavy atom. The number of esters is 1. The molecule has 0 aliphatic carbocycles. The van der Waals surface area contributed by atoms with E-state index in [0.29, 0.717) is 12.2 Å². The summed E-state index contributed by atoms with van der Waals surface area (Å²) in [7, 11) is 0. The lowest BCUT2D eigenvalue weighted by molar-refractivity contribution is 0.0530. The fourth-order valence-electron chi connectivity index (χ4n) is 1.43. The van der Waals surface area contributed by atoms with Gasteiger partial charge in [-0.15, -0.1) is 0 Å². The van der Waals surface area contributed by atoms with E-state index in [1.165, 1.54) is 6.33 Å². The molecule has 0 saturated carbocycles. The van der Waals surface area contributed by atoms with E-state index in [0.717, 1.165) is 17.2 Å². The molecule has 0 unspecified atom stereocenters. The number of rotatable bonds is 6. The van der Waals surface area contributed by atoms with Gasteiger partial charge in [0.15, 0.2) is 0 Å². The molecule has 1 aromatic heterocycles. The summed E-state index contributed by atoms with van der Waals surface area (Å²) in [5.41, 5.74) is 1.57. The zero-order valence-electron chi connectivity index (χ0n) is 10.4. The van der Waals surface area contributed by atoms with Crippen LogP contribution in [0.4, 0.5) is 0 Å². The molecule has 0 fully saturated rings. The number of aromatic nitrogens is 2. The zero-order chi connectivity index (χ0) is 13.3. The summed E-state index contributed by atoms with van der Waals surface area (Å²) in [6.45, 7) is 0.406. The third kappa shape index (κ3) is 4.71. The van der Waals surface area contributed by atoms with Gasteiger partial charge in [-0.25, -0.2) is 14.8 Å². The molecule has 1 heterocycles. The second kappa shape index (κ2) is 7.53. The van der Waals surface area contributed by atoms with Crippen molar-refractivity contribution >= 4 is 17.7 Å². The van der Waals surface area contributed by atoms with Gasteiger partial charge in [0.1, 0.15) is 12.9 Å². The molecule has 0 aliphatic rings. The number of ether oxygens (including phenoxy) is 1. The molecular formula is C14H14N2O2S. The van der Waals surface area contributed by atoms with Crippen LogP contribution in [0, 0.1) is 0 Å². The van der Waals surface area contributed by atoms with E-state index >= 15 is 0 Å². The molecular weight excluding hydrogens is 260 g/mol. The number of hydrogen-bond donors (Lipinski definition) is 0. The van der Waals surface area contributed by atoms with Crippen molar-refractivity contribution in [2.24, 2.45) is 0 Å². The van der Waals surface area contributed by atoms with Crippen LogP contribution in [0.5, 0.6) is 0 Å². The van der Waals surface area contributed by atoms with Crippen molar-refractivity contribution in [3.63, 3.8) is 0 Å². The van der Waals surface area contributed by atoms with E-state index in [1.54, 1.807) is 30.1 Å². The number of thioether (sulfide) groups is 1. The molecule has 1 aromatic carbocycles. The topological polar surface area (TPSA) is 52.1 Å². The van der Waals surface area contributed by atoms with Crippen LogP contribution in [0.25, 0.3) is 0 Å². The fourth-order valence-corrected chi connectivity index (χ4v) is 2.16. The van der Waals surface area contributed by atoms with E-state index in [2.05, 4.69) is 9.97 Å². The Morgan fingerprint density at radius 2 is 2.05 bits per heavy atom. The van der Waals surface area contributed by atoms with Crippen LogP contribution in [0.3, 0.4) is 0 Å². The van der Waals surface area contributed by atoms with Gasteiger partial charge in [0.2, 0.25) is 0 Å². The van der Waals surface area contributed by atoms with Gasteiger partial charge in [-0.2, -0.15) is 11.8 Å². The number of nitrogens with zero attached hydrogens (tertiary/aromatic N) is 2. The highest BCUT2D eigenvalue weighted by atomic mass is 32.2. The van der Waals surface area contributed by atoms with Gasteiger partial charge in [0, 0.05) is 17.7 Å². The molecule has 98 valence electrons. The number of carbonyl (C=O) groups excluding carboxylic acids is 1. The smallest absolute Gasteiger partial charge is 0.338 e. The maximum atomic E-state index is 11.6. The largest absolute Gasteiger partial charge is 0.461 e. The van der Waals surface area contributed by atoms with Gasteiger partial charge >= 0.3 is 5.97 Å². The van der Waals surface area contributed by atoms with Crippen LogP contribution in [0.15, 0.2) is 48.9 Å². The zero-order valence-corrected chi connectivity index (χ0v) is 11.2. The van der Waals surface area contributed by atoms with Gasteiger partial charge in [-0.3, -0.25) is 0 Å². The molecule has 2 rings (SSSR count). The normalized spacial score (nSPS) is 10.1. The van der Waals surface area contributed by atoms with Gasteiger partial charge in [-0.05, 0) is 18.2 Å². The van der Waals surface area contributed by atoms with Crippen molar-refractivity contribution in [1.82, 2.24) is 9.97 Å². The SMILES string of the molecule is O=C(OCCSCc1ccncn1)c1ccccc1. The van der Waals surface area contributed by atoms with E-state index in [-0.39, 0.29) is 5.97 Å². The Morgan fingerprint density at radius 1 is 1.21 bits per heavy atom. The Hall–Kier alpha value is -1.88. The minimum absolute atomic E-state index is 0.275. The Bertz CT molecular complexity index is 505. The van der Waals surface area contributed by atoms with Crippen molar-refractivity contribution in [2.75, 3.05) is 12.4 Å². The second-order valence-electron chi connectivity index (χ2n) is 3.76. The summed E-state index contributed by atoms with van der Waals surface area (Å²) in [4.78, 5) is 19.6. The Labute approximate surface area is 116 Å². The van der Waals surface area contributed by atoms with Crippen LogP contribution in [0.1, 0.15) is 16.1 Å². The molecule has 19 heavy (non-hydrogen) atoms. The van der Waals surface area contributed by atoms with Crippen LogP contribution >= 0.6 is 11.8 Å². The lowest BCUT2D eigenvalue weighted by Crippen LogP contribution is -2.07. The molecule has 0 spiro atoms.